The van der Waals surface area contributed by atoms with Crippen molar-refractivity contribution in [3.63, 3.8) is 0 Å². The number of nitrogens with zero attached hydrogens (tertiary/aromatic N) is 2. The molecule has 1 aliphatic heterocycles. The zero-order chi connectivity index (χ0) is 22.1. The van der Waals surface area contributed by atoms with E-state index < -0.39 is 0 Å². The van der Waals surface area contributed by atoms with Crippen molar-refractivity contribution in [3.8, 4) is 0 Å². The number of piperazine rings is 1. The first-order chi connectivity index (χ1) is 15.0. The molecule has 1 aromatic heterocycles. The lowest BCUT2D eigenvalue weighted by molar-refractivity contribution is -0.125. The van der Waals surface area contributed by atoms with E-state index in [1.807, 2.05) is 17.5 Å². The number of nitrogens with one attached hydrogen (secondary N) is 2. The maximum absolute atomic E-state index is 13.3. The number of halogens is 1. The molecule has 0 bridgehead atoms. The molecular formula is C23H31FN4O2S. The second-order valence-electron chi connectivity index (χ2n) is 7.82. The molecule has 1 fully saturated rings. The minimum absolute atomic E-state index is 0.0616. The van der Waals surface area contributed by atoms with E-state index in [2.05, 4.69) is 27.4 Å². The number of hydrogen-bond donors (Lipinski definition) is 2. The van der Waals surface area contributed by atoms with Gasteiger partial charge in [0.2, 0.25) is 11.8 Å². The molecule has 1 saturated heterocycles. The summed E-state index contributed by atoms with van der Waals surface area (Å²) in [6.07, 6.45) is 2.06. The summed E-state index contributed by atoms with van der Waals surface area (Å²) in [6, 6.07) is 9.89. The van der Waals surface area contributed by atoms with Crippen molar-refractivity contribution in [2.75, 3.05) is 45.8 Å². The lowest BCUT2D eigenvalue weighted by Crippen LogP contribution is -2.51. The fourth-order valence-corrected chi connectivity index (χ4v) is 4.41. The van der Waals surface area contributed by atoms with Crippen LogP contribution in [-0.4, -0.2) is 67.4 Å². The fourth-order valence-electron chi connectivity index (χ4n) is 3.61. The highest BCUT2D eigenvalue weighted by atomic mass is 32.1. The monoisotopic (exact) mass is 446 g/mol. The Hall–Kier alpha value is -2.29. The Morgan fingerprint density at radius 1 is 1.03 bits per heavy atom. The minimum atomic E-state index is -0.295. The SMILES string of the molecule is CCCCNC(=O)CN1CCN(CC(=O)NC(c2ccc(F)cc2)c2cccs2)CC1. The number of hydrogen-bond acceptors (Lipinski definition) is 5. The molecule has 8 heteroatoms. The topological polar surface area (TPSA) is 64.7 Å². The summed E-state index contributed by atoms with van der Waals surface area (Å²) in [5.74, 6) is -0.289. The molecule has 0 spiro atoms. The maximum Gasteiger partial charge on any atom is 0.234 e. The molecule has 0 radical (unpaired) electrons. The maximum atomic E-state index is 13.3. The number of carbonyl (C=O) groups excluding carboxylic acids is 2. The van der Waals surface area contributed by atoms with Crippen LogP contribution in [0, 0.1) is 5.82 Å². The van der Waals surface area contributed by atoms with Crippen molar-refractivity contribution in [1.29, 1.82) is 0 Å². The van der Waals surface area contributed by atoms with Gasteiger partial charge in [0, 0.05) is 37.6 Å². The molecule has 6 nitrogen and oxygen atoms in total. The van der Waals surface area contributed by atoms with Gasteiger partial charge in [0.15, 0.2) is 0 Å². The Kier molecular flexibility index (Phi) is 8.99. The lowest BCUT2D eigenvalue weighted by atomic mass is 10.1. The van der Waals surface area contributed by atoms with E-state index in [0.29, 0.717) is 13.1 Å². The van der Waals surface area contributed by atoms with Gasteiger partial charge in [-0.1, -0.05) is 31.5 Å². The van der Waals surface area contributed by atoms with Crippen molar-refractivity contribution in [3.05, 3.63) is 58.0 Å². The number of unbranched alkanes of at least 4 members (excludes halogenated alkanes) is 1. The van der Waals surface area contributed by atoms with Crippen LogP contribution in [0.25, 0.3) is 0 Å². The van der Waals surface area contributed by atoms with Crippen molar-refractivity contribution in [2.24, 2.45) is 0 Å². The predicted octanol–water partition coefficient (Wildman–Crippen LogP) is 2.63. The zero-order valence-corrected chi connectivity index (χ0v) is 18.8. The van der Waals surface area contributed by atoms with Crippen LogP contribution >= 0.6 is 11.3 Å². The molecule has 2 N–H and O–H groups in total. The van der Waals surface area contributed by atoms with E-state index in [-0.39, 0.29) is 23.7 Å². The van der Waals surface area contributed by atoms with Crippen LogP contribution in [0.1, 0.15) is 36.2 Å². The third-order valence-electron chi connectivity index (χ3n) is 5.39. The molecular weight excluding hydrogens is 415 g/mol. The minimum Gasteiger partial charge on any atom is -0.355 e. The van der Waals surface area contributed by atoms with Crippen LogP contribution in [0.4, 0.5) is 4.39 Å². The molecule has 1 unspecified atom stereocenters. The molecule has 168 valence electrons. The Bertz CT molecular complexity index is 821. The number of amides is 2. The highest BCUT2D eigenvalue weighted by Gasteiger charge is 2.23. The first-order valence-electron chi connectivity index (χ1n) is 10.8. The van der Waals surface area contributed by atoms with E-state index in [1.165, 1.54) is 12.1 Å². The summed E-state index contributed by atoms with van der Waals surface area (Å²) >= 11 is 1.56. The van der Waals surface area contributed by atoms with Gasteiger partial charge in [-0.25, -0.2) is 4.39 Å². The summed E-state index contributed by atoms with van der Waals surface area (Å²) in [5, 5.41) is 8.02. The summed E-state index contributed by atoms with van der Waals surface area (Å²) in [7, 11) is 0. The van der Waals surface area contributed by atoms with Crippen LogP contribution < -0.4 is 10.6 Å². The van der Waals surface area contributed by atoms with E-state index in [0.717, 1.165) is 56.0 Å². The fraction of sp³-hybridized carbons (Fsp3) is 0.478. The molecule has 1 aromatic carbocycles. The van der Waals surface area contributed by atoms with Crippen molar-refractivity contribution < 1.29 is 14.0 Å². The Morgan fingerprint density at radius 2 is 1.68 bits per heavy atom. The normalized spacial score (nSPS) is 16.1. The van der Waals surface area contributed by atoms with E-state index in [1.54, 1.807) is 23.5 Å². The number of benzene rings is 1. The first-order valence-corrected chi connectivity index (χ1v) is 11.7. The molecule has 0 saturated carbocycles. The highest BCUT2D eigenvalue weighted by Crippen LogP contribution is 2.26. The van der Waals surface area contributed by atoms with Gasteiger partial charge < -0.3 is 10.6 Å². The second-order valence-corrected chi connectivity index (χ2v) is 8.80. The number of thiophene rings is 1. The van der Waals surface area contributed by atoms with E-state index in [9.17, 15) is 14.0 Å². The molecule has 31 heavy (non-hydrogen) atoms. The van der Waals surface area contributed by atoms with Gasteiger partial charge in [0.05, 0.1) is 19.1 Å². The van der Waals surface area contributed by atoms with Crippen LogP contribution in [0.2, 0.25) is 0 Å². The van der Waals surface area contributed by atoms with Crippen LogP contribution in [0.15, 0.2) is 41.8 Å². The first kappa shape index (κ1) is 23.4. The van der Waals surface area contributed by atoms with Crippen LogP contribution in [0.3, 0.4) is 0 Å². The molecule has 1 atom stereocenters. The summed E-state index contributed by atoms with van der Waals surface area (Å²) < 4.78 is 13.3. The van der Waals surface area contributed by atoms with Gasteiger partial charge in [-0.15, -0.1) is 11.3 Å². The van der Waals surface area contributed by atoms with Gasteiger partial charge in [-0.2, -0.15) is 0 Å². The van der Waals surface area contributed by atoms with Gasteiger partial charge in [0.25, 0.3) is 0 Å². The average Bonchev–Trinajstić information content (AvgIpc) is 3.29. The molecule has 3 rings (SSSR count). The van der Waals surface area contributed by atoms with E-state index in [4.69, 9.17) is 0 Å². The lowest BCUT2D eigenvalue weighted by Gasteiger charge is -2.34. The Labute approximate surface area is 187 Å². The molecule has 2 heterocycles. The predicted molar refractivity (Wildman–Crippen MR) is 122 cm³/mol. The summed E-state index contributed by atoms with van der Waals surface area (Å²) in [4.78, 5) is 30.0. The Morgan fingerprint density at radius 3 is 2.26 bits per heavy atom. The average molecular weight is 447 g/mol. The smallest absolute Gasteiger partial charge is 0.234 e. The second kappa shape index (κ2) is 11.9. The standard InChI is InChI=1S/C23H31FN4O2S/c1-2-3-10-25-21(29)16-27-11-13-28(14-12-27)17-22(30)26-23(20-5-4-15-31-20)18-6-8-19(24)9-7-18/h4-9,15,23H,2-3,10-14,16-17H2,1H3,(H,25,29)(H,26,30). The van der Waals surface area contributed by atoms with Crippen LogP contribution in [-0.2, 0) is 9.59 Å². The largest absolute Gasteiger partial charge is 0.355 e. The molecule has 0 aliphatic carbocycles. The van der Waals surface area contributed by atoms with Gasteiger partial charge in [0.1, 0.15) is 5.82 Å². The van der Waals surface area contributed by atoms with Crippen molar-refractivity contribution in [2.45, 2.75) is 25.8 Å². The molecule has 1 aliphatic rings. The van der Waals surface area contributed by atoms with Gasteiger partial charge in [-0.05, 0) is 35.6 Å². The summed E-state index contributed by atoms with van der Waals surface area (Å²) in [6.45, 7) is 6.57. The third kappa shape index (κ3) is 7.41. The van der Waals surface area contributed by atoms with Crippen LogP contribution in [0.5, 0.6) is 0 Å². The molecule has 2 amide bonds. The highest BCUT2D eigenvalue weighted by molar-refractivity contribution is 7.10. The molecule has 2 aromatic rings. The van der Waals surface area contributed by atoms with E-state index >= 15 is 0 Å². The third-order valence-corrected chi connectivity index (χ3v) is 6.33. The quantitative estimate of drug-likeness (QED) is 0.551. The van der Waals surface area contributed by atoms with Crippen molar-refractivity contribution in [1.82, 2.24) is 20.4 Å². The Balaban J connectivity index is 1.47. The number of rotatable bonds is 10. The number of carbonyl (C=O) groups is 2. The van der Waals surface area contributed by atoms with Gasteiger partial charge in [-0.3, -0.25) is 19.4 Å². The van der Waals surface area contributed by atoms with Gasteiger partial charge >= 0.3 is 0 Å². The summed E-state index contributed by atoms with van der Waals surface area (Å²) in [5.41, 5.74) is 0.858. The zero-order valence-electron chi connectivity index (χ0n) is 18.0. The van der Waals surface area contributed by atoms with Crippen molar-refractivity contribution >= 4 is 23.2 Å².